The molecule has 0 bridgehead atoms. The minimum absolute atomic E-state index is 0.0583. The zero-order valence-corrected chi connectivity index (χ0v) is 13.5. The first-order valence-corrected chi connectivity index (χ1v) is 8.40. The average molecular weight is 356 g/mol. The van der Waals surface area contributed by atoms with Gasteiger partial charge in [0, 0.05) is 22.6 Å². The van der Waals surface area contributed by atoms with Crippen LogP contribution in [0.2, 0.25) is 0 Å². The van der Waals surface area contributed by atoms with Crippen molar-refractivity contribution >= 4 is 43.3 Å². The van der Waals surface area contributed by atoms with E-state index >= 15 is 0 Å². The molecule has 0 spiro atoms. The molecule has 1 aliphatic heterocycles. The Bertz CT molecular complexity index is 656. The summed E-state index contributed by atoms with van der Waals surface area (Å²) >= 11 is 5.01. The first-order valence-electron chi connectivity index (χ1n) is 6.67. The summed E-state index contributed by atoms with van der Waals surface area (Å²) in [6.07, 6.45) is 1.02. The Hall–Kier alpha value is -0.940. The molecule has 0 radical (unpaired) electrons. The van der Waals surface area contributed by atoms with Crippen molar-refractivity contribution in [3.05, 3.63) is 35.0 Å². The van der Waals surface area contributed by atoms with E-state index in [1.54, 1.807) is 6.07 Å². The fourth-order valence-electron chi connectivity index (χ4n) is 2.47. The number of likely N-dealkylation sites (tertiary alicyclic amines) is 1. The van der Waals surface area contributed by atoms with Gasteiger partial charge in [-0.25, -0.2) is 4.39 Å². The van der Waals surface area contributed by atoms with Crippen molar-refractivity contribution in [2.24, 2.45) is 5.92 Å². The molecule has 20 heavy (non-hydrogen) atoms. The third-order valence-electron chi connectivity index (χ3n) is 3.85. The number of amides is 1. The number of hydrogen-bond acceptors (Lipinski definition) is 2. The van der Waals surface area contributed by atoms with Gasteiger partial charge in [0.1, 0.15) is 5.82 Å². The molecule has 2 aromatic rings. The zero-order chi connectivity index (χ0) is 14.3. The standard InChI is InChI=1S/C15H15BrFNOS/c1-9-4-5-18(8-12(9)16)15(19)14-6-10-2-3-11(17)7-13(10)20-14/h2-3,6-7,9,12H,4-5,8H2,1H3. The quantitative estimate of drug-likeness (QED) is 0.699. The van der Waals surface area contributed by atoms with E-state index in [2.05, 4.69) is 22.9 Å². The van der Waals surface area contributed by atoms with Crippen LogP contribution in [0.15, 0.2) is 24.3 Å². The SMILES string of the molecule is CC1CCN(C(=O)c2cc3ccc(F)cc3s2)CC1Br. The van der Waals surface area contributed by atoms with Crippen molar-refractivity contribution in [2.75, 3.05) is 13.1 Å². The van der Waals surface area contributed by atoms with E-state index in [4.69, 9.17) is 0 Å². The molecule has 0 saturated carbocycles. The lowest BCUT2D eigenvalue weighted by Gasteiger charge is -2.33. The molecule has 1 aliphatic rings. The highest BCUT2D eigenvalue weighted by Gasteiger charge is 2.28. The molecule has 1 amide bonds. The van der Waals surface area contributed by atoms with E-state index in [1.807, 2.05) is 11.0 Å². The van der Waals surface area contributed by atoms with Gasteiger partial charge in [-0.05, 0) is 35.9 Å². The lowest BCUT2D eigenvalue weighted by atomic mass is 9.99. The van der Waals surface area contributed by atoms with Gasteiger partial charge >= 0.3 is 0 Å². The highest BCUT2D eigenvalue weighted by atomic mass is 79.9. The highest BCUT2D eigenvalue weighted by molar-refractivity contribution is 9.09. The van der Waals surface area contributed by atoms with Crippen LogP contribution in [0.1, 0.15) is 23.0 Å². The second kappa shape index (κ2) is 5.45. The van der Waals surface area contributed by atoms with Crippen LogP contribution in [0, 0.1) is 11.7 Å². The summed E-state index contributed by atoms with van der Waals surface area (Å²) < 4.78 is 14.0. The molecule has 2 atom stereocenters. The maximum absolute atomic E-state index is 13.2. The third kappa shape index (κ3) is 2.61. The van der Waals surface area contributed by atoms with Gasteiger partial charge in [0.15, 0.2) is 0 Å². The molecule has 2 nitrogen and oxygen atoms in total. The molecular weight excluding hydrogens is 341 g/mol. The molecule has 2 unspecified atom stereocenters. The predicted molar refractivity (Wildman–Crippen MR) is 84.2 cm³/mol. The Kier molecular flexibility index (Phi) is 3.82. The van der Waals surface area contributed by atoms with Gasteiger partial charge in [-0.15, -0.1) is 11.3 Å². The fourth-order valence-corrected chi connectivity index (χ4v) is 4.14. The molecule has 2 heterocycles. The molecule has 0 N–H and O–H groups in total. The van der Waals surface area contributed by atoms with E-state index in [1.165, 1.54) is 23.5 Å². The van der Waals surface area contributed by atoms with E-state index in [0.29, 0.717) is 15.6 Å². The second-order valence-corrected chi connectivity index (χ2v) is 7.59. The number of hydrogen-bond donors (Lipinski definition) is 0. The molecule has 1 aromatic heterocycles. The van der Waals surface area contributed by atoms with Crippen LogP contribution in [-0.2, 0) is 0 Å². The smallest absolute Gasteiger partial charge is 0.263 e. The lowest BCUT2D eigenvalue weighted by molar-refractivity contribution is 0.0711. The van der Waals surface area contributed by atoms with Gasteiger partial charge in [0.25, 0.3) is 5.91 Å². The molecule has 5 heteroatoms. The molecule has 106 valence electrons. The van der Waals surface area contributed by atoms with Gasteiger partial charge < -0.3 is 4.90 Å². The summed E-state index contributed by atoms with van der Waals surface area (Å²) in [7, 11) is 0. The number of thiophene rings is 1. The molecule has 0 aliphatic carbocycles. The molecule has 1 saturated heterocycles. The summed E-state index contributed by atoms with van der Waals surface area (Å²) in [5.74, 6) is 0.393. The summed E-state index contributed by atoms with van der Waals surface area (Å²) in [6, 6.07) is 6.51. The van der Waals surface area contributed by atoms with Gasteiger partial charge in [-0.2, -0.15) is 0 Å². The van der Waals surface area contributed by atoms with E-state index in [0.717, 1.165) is 29.6 Å². The number of carbonyl (C=O) groups excluding carboxylic acids is 1. The molecule has 3 rings (SSSR count). The van der Waals surface area contributed by atoms with Gasteiger partial charge in [-0.3, -0.25) is 4.79 Å². The predicted octanol–water partition coefficient (Wildman–Crippen LogP) is 4.29. The number of benzene rings is 1. The first kappa shape index (κ1) is 14.0. The second-order valence-electron chi connectivity index (χ2n) is 5.33. The summed E-state index contributed by atoms with van der Waals surface area (Å²) in [6.45, 7) is 3.73. The number of rotatable bonds is 1. The van der Waals surface area contributed by atoms with Crippen molar-refractivity contribution in [1.82, 2.24) is 4.90 Å². The Balaban J connectivity index is 1.85. The van der Waals surface area contributed by atoms with Crippen LogP contribution in [-0.4, -0.2) is 28.7 Å². The number of fused-ring (bicyclic) bond motifs is 1. The monoisotopic (exact) mass is 355 g/mol. The van der Waals surface area contributed by atoms with Gasteiger partial charge in [0.05, 0.1) is 4.88 Å². The topological polar surface area (TPSA) is 20.3 Å². The number of nitrogens with zero attached hydrogens (tertiary/aromatic N) is 1. The minimum atomic E-state index is -0.259. The fraction of sp³-hybridized carbons (Fsp3) is 0.400. The largest absolute Gasteiger partial charge is 0.337 e. The number of halogens is 2. The van der Waals surface area contributed by atoms with E-state index in [-0.39, 0.29) is 11.7 Å². The Morgan fingerprint density at radius 3 is 3.00 bits per heavy atom. The summed E-state index contributed by atoms with van der Waals surface area (Å²) in [4.78, 5) is 15.5. The van der Waals surface area contributed by atoms with Crippen LogP contribution in [0.4, 0.5) is 4.39 Å². The van der Waals surface area contributed by atoms with Crippen LogP contribution in [0.5, 0.6) is 0 Å². The normalized spacial score (nSPS) is 23.2. The van der Waals surface area contributed by atoms with E-state index in [9.17, 15) is 9.18 Å². The maximum atomic E-state index is 13.2. The number of alkyl halides is 1. The van der Waals surface area contributed by atoms with Crippen LogP contribution in [0.25, 0.3) is 10.1 Å². The molecular formula is C15H15BrFNOS. The van der Waals surface area contributed by atoms with Gasteiger partial charge in [-0.1, -0.05) is 28.9 Å². The highest BCUT2D eigenvalue weighted by Crippen LogP contribution is 2.29. The minimum Gasteiger partial charge on any atom is -0.337 e. The van der Waals surface area contributed by atoms with Crippen molar-refractivity contribution < 1.29 is 9.18 Å². The van der Waals surface area contributed by atoms with Crippen molar-refractivity contribution in [1.29, 1.82) is 0 Å². The van der Waals surface area contributed by atoms with Crippen molar-refractivity contribution in [2.45, 2.75) is 18.2 Å². The number of piperidine rings is 1. The third-order valence-corrected chi connectivity index (χ3v) is 6.12. The maximum Gasteiger partial charge on any atom is 0.263 e. The lowest BCUT2D eigenvalue weighted by Crippen LogP contribution is -2.43. The van der Waals surface area contributed by atoms with Crippen LogP contribution >= 0.6 is 27.3 Å². The molecule has 1 aromatic carbocycles. The average Bonchev–Trinajstić information content (AvgIpc) is 2.84. The Labute approximate surface area is 129 Å². The zero-order valence-electron chi connectivity index (χ0n) is 11.1. The number of carbonyl (C=O) groups is 1. The van der Waals surface area contributed by atoms with Gasteiger partial charge in [0.2, 0.25) is 0 Å². The van der Waals surface area contributed by atoms with Crippen molar-refractivity contribution in [3.63, 3.8) is 0 Å². The van der Waals surface area contributed by atoms with Crippen LogP contribution in [0.3, 0.4) is 0 Å². The molecule has 1 fully saturated rings. The van der Waals surface area contributed by atoms with Crippen LogP contribution < -0.4 is 0 Å². The first-order chi connectivity index (χ1) is 9.54. The van der Waals surface area contributed by atoms with E-state index < -0.39 is 0 Å². The Morgan fingerprint density at radius 1 is 1.45 bits per heavy atom. The van der Waals surface area contributed by atoms with Crippen molar-refractivity contribution in [3.8, 4) is 0 Å². The Morgan fingerprint density at radius 2 is 2.25 bits per heavy atom. The summed E-state index contributed by atoms with van der Waals surface area (Å²) in [5.41, 5.74) is 0. The summed E-state index contributed by atoms with van der Waals surface area (Å²) in [5, 5.41) is 0.931.